The van der Waals surface area contributed by atoms with Crippen LogP contribution in [0.4, 0.5) is 0 Å². The van der Waals surface area contributed by atoms with Gasteiger partial charge in [-0.15, -0.1) is 0 Å². The average molecular weight is 253 g/mol. The Morgan fingerprint density at radius 2 is 2.11 bits per heavy atom. The zero-order valence-corrected chi connectivity index (χ0v) is 10.9. The molecule has 5 nitrogen and oxygen atoms in total. The lowest BCUT2D eigenvalue weighted by atomic mass is 10.1. The number of hydrogen-bond donors (Lipinski definition) is 2. The van der Waals surface area contributed by atoms with Crippen LogP contribution in [0.5, 0.6) is 11.5 Å². The summed E-state index contributed by atoms with van der Waals surface area (Å²) in [6.07, 6.45) is 0.512. The van der Waals surface area contributed by atoms with E-state index in [9.17, 15) is 4.79 Å². The lowest BCUT2D eigenvalue weighted by molar-refractivity contribution is 0.0931. The van der Waals surface area contributed by atoms with Crippen LogP contribution in [0.25, 0.3) is 0 Å². The van der Waals surface area contributed by atoms with Crippen molar-refractivity contribution in [1.82, 2.24) is 5.32 Å². The topological polar surface area (TPSA) is 67.8 Å². The number of benzene rings is 1. The van der Waals surface area contributed by atoms with Gasteiger partial charge in [0, 0.05) is 12.6 Å². The molecule has 1 atom stereocenters. The van der Waals surface area contributed by atoms with E-state index in [1.807, 2.05) is 6.92 Å². The molecule has 1 amide bonds. The Hall–Kier alpha value is -1.75. The molecule has 0 aliphatic heterocycles. The van der Waals surface area contributed by atoms with Gasteiger partial charge in [-0.2, -0.15) is 0 Å². The van der Waals surface area contributed by atoms with Crippen LogP contribution in [-0.4, -0.2) is 37.9 Å². The Balaban J connectivity index is 2.88. The van der Waals surface area contributed by atoms with Crippen LogP contribution < -0.4 is 14.8 Å². The van der Waals surface area contributed by atoms with Crippen molar-refractivity contribution in [2.45, 2.75) is 19.4 Å². The molecule has 0 saturated carbocycles. The predicted molar refractivity (Wildman–Crippen MR) is 68.2 cm³/mol. The largest absolute Gasteiger partial charge is 0.497 e. The van der Waals surface area contributed by atoms with E-state index in [-0.39, 0.29) is 18.6 Å². The highest BCUT2D eigenvalue weighted by atomic mass is 16.5. The number of aliphatic hydroxyl groups excluding tert-OH is 1. The van der Waals surface area contributed by atoms with Crippen LogP contribution in [0.3, 0.4) is 0 Å². The van der Waals surface area contributed by atoms with Crippen molar-refractivity contribution in [1.29, 1.82) is 0 Å². The number of carbonyl (C=O) groups excluding carboxylic acids is 1. The zero-order chi connectivity index (χ0) is 13.5. The molecule has 1 aromatic carbocycles. The molecule has 5 heteroatoms. The van der Waals surface area contributed by atoms with Crippen LogP contribution in [0.2, 0.25) is 0 Å². The van der Waals surface area contributed by atoms with Crippen molar-refractivity contribution in [3.05, 3.63) is 23.8 Å². The molecule has 100 valence electrons. The maximum atomic E-state index is 12.0. The molecule has 0 bridgehead atoms. The minimum absolute atomic E-state index is 0.0384. The molecule has 1 aromatic rings. The maximum Gasteiger partial charge on any atom is 0.255 e. The lowest BCUT2D eigenvalue weighted by Crippen LogP contribution is -2.33. The molecule has 0 saturated heterocycles. The minimum Gasteiger partial charge on any atom is -0.497 e. The fourth-order valence-electron chi connectivity index (χ4n) is 1.56. The highest BCUT2D eigenvalue weighted by molar-refractivity contribution is 5.97. The predicted octanol–water partition coefficient (Wildman–Crippen LogP) is 1.20. The SMILES string of the molecule is COc1ccc(OC)c(C(=O)NC(C)CCO)c1. The summed E-state index contributed by atoms with van der Waals surface area (Å²) in [6.45, 7) is 1.87. The Bertz CT molecular complexity index is 406. The number of nitrogens with one attached hydrogen (secondary N) is 1. The van der Waals surface area contributed by atoms with E-state index in [1.165, 1.54) is 14.2 Å². The zero-order valence-electron chi connectivity index (χ0n) is 10.9. The standard InChI is InChI=1S/C13H19NO4/c1-9(6-7-15)14-13(16)11-8-10(17-2)4-5-12(11)18-3/h4-5,8-9,15H,6-7H2,1-3H3,(H,14,16). The van der Waals surface area contributed by atoms with Crippen LogP contribution in [0, 0.1) is 0 Å². The summed E-state index contributed by atoms with van der Waals surface area (Å²) in [7, 11) is 3.05. The van der Waals surface area contributed by atoms with E-state index in [2.05, 4.69) is 5.32 Å². The smallest absolute Gasteiger partial charge is 0.255 e. The average Bonchev–Trinajstić information content (AvgIpc) is 2.38. The third kappa shape index (κ3) is 3.63. The van der Waals surface area contributed by atoms with Crippen molar-refractivity contribution in [3.63, 3.8) is 0 Å². The molecular formula is C13H19NO4. The van der Waals surface area contributed by atoms with Crippen molar-refractivity contribution in [3.8, 4) is 11.5 Å². The van der Waals surface area contributed by atoms with Crippen LogP contribution >= 0.6 is 0 Å². The summed E-state index contributed by atoms with van der Waals surface area (Å²) in [5.74, 6) is 0.840. The molecule has 0 aromatic heterocycles. The van der Waals surface area contributed by atoms with Gasteiger partial charge in [0.15, 0.2) is 0 Å². The number of carbonyl (C=O) groups is 1. The van der Waals surface area contributed by atoms with Crippen molar-refractivity contribution in [2.75, 3.05) is 20.8 Å². The van der Waals surface area contributed by atoms with E-state index in [0.29, 0.717) is 23.5 Å². The fraction of sp³-hybridized carbons (Fsp3) is 0.462. The molecule has 0 aliphatic rings. The second-order valence-corrected chi connectivity index (χ2v) is 3.95. The number of amides is 1. The second-order valence-electron chi connectivity index (χ2n) is 3.95. The van der Waals surface area contributed by atoms with Gasteiger partial charge in [0.05, 0.1) is 19.8 Å². The summed E-state index contributed by atoms with van der Waals surface area (Å²) < 4.78 is 10.2. The summed E-state index contributed by atoms with van der Waals surface area (Å²) in [6, 6.07) is 4.94. The third-order valence-corrected chi connectivity index (χ3v) is 2.59. The first kappa shape index (κ1) is 14.3. The highest BCUT2D eigenvalue weighted by Gasteiger charge is 2.15. The van der Waals surface area contributed by atoms with Gasteiger partial charge in [0.25, 0.3) is 5.91 Å². The van der Waals surface area contributed by atoms with E-state index in [4.69, 9.17) is 14.6 Å². The molecule has 1 unspecified atom stereocenters. The molecule has 0 spiro atoms. The first-order chi connectivity index (χ1) is 8.62. The van der Waals surface area contributed by atoms with Crippen LogP contribution in [-0.2, 0) is 0 Å². The number of hydrogen-bond acceptors (Lipinski definition) is 4. The molecule has 0 heterocycles. The van der Waals surface area contributed by atoms with E-state index >= 15 is 0 Å². The summed E-state index contributed by atoms with van der Waals surface area (Å²) in [5, 5.41) is 11.6. The Labute approximate surface area is 107 Å². The number of rotatable bonds is 6. The van der Waals surface area contributed by atoms with Gasteiger partial charge < -0.3 is 19.9 Å². The van der Waals surface area contributed by atoms with Gasteiger partial charge in [0.2, 0.25) is 0 Å². The molecule has 0 radical (unpaired) electrons. The van der Waals surface area contributed by atoms with E-state index in [1.54, 1.807) is 18.2 Å². The van der Waals surface area contributed by atoms with Crippen LogP contribution in [0.1, 0.15) is 23.7 Å². The maximum absolute atomic E-state index is 12.0. The van der Waals surface area contributed by atoms with Gasteiger partial charge in [0.1, 0.15) is 11.5 Å². The normalized spacial score (nSPS) is 11.8. The summed E-state index contributed by atoms with van der Waals surface area (Å²) >= 11 is 0. The first-order valence-corrected chi connectivity index (χ1v) is 5.76. The number of methoxy groups -OCH3 is 2. The Morgan fingerprint density at radius 1 is 1.39 bits per heavy atom. The summed E-state index contributed by atoms with van der Waals surface area (Å²) in [4.78, 5) is 12.0. The quantitative estimate of drug-likeness (QED) is 0.799. The Kier molecular flexibility index (Phi) is 5.45. The molecule has 2 N–H and O–H groups in total. The van der Waals surface area contributed by atoms with Crippen molar-refractivity contribution in [2.24, 2.45) is 0 Å². The molecule has 0 fully saturated rings. The lowest BCUT2D eigenvalue weighted by Gasteiger charge is -2.15. The number of ether oxygens (including phenoxy) is 2. The highest BCUT2D eigenvalue weighted by Crippen LogP contribution is 2.23. The summed E-state index contributed by atoms with van der Waals surface area (Å²) in [5.41, 5.74) is 0.418. The van der Waals surface area contributed by atoms with Crippen LogP contribution in [0.15, 0.2) is 18.2 Å². The van der Waals surface area contributed by atoms with Crippen molar-refractivity contribution >= 4 is 5.91 Å². The van der Waals surface area contributed by atoms with Gasteiger partial charge >= 0.3 is 0 Å². The van der Waals surface area contributed by atoms with Crippen molar-refractivity contribution < 1.29 is 19.4 Å². The Morgan fingerprint density at radius 3 is 2.67 bits per heavy atom. The monoisotopic (exact) mass is 253 g/mol. The third-order valence-electron chi connectivity index (χ3n) is 2.59. The van der Waals surface area contributed by atoms with E-state index < -0.39 is 0 Å². The second kappa shape index (κ2) is 6.86. The molecule has 1 rings (SSSR count). The van der Waals surface area contributed by atoms with Gasteiger partial charge in [-0.25, -0.2) is 0 Å². The van der Waals surface area contributed by atoms with E-state index in [0.717, 1.165) is 0 Å². The first-order valence-electron chi connectivity index (χ1n) is 5.76. The minimum atomic E-state index is -0.244. The molecule has 18 heavy (non-hydrogen) atoms. The molecular weight excluding hydrogens is 234 g/mol. The fourth-order valence-corrected chi connectivity index (χ4v) is 1.56. The van der Waals surface area contributed by atoms with Gasteiger partial charge in [-0.05, 0) is 31.5 Å². The van der Waals surface area contributed by atoms with Gasteiger partial charge in [-0.3, -0.25) is 4.79 Å². The van der Waals surface area contributed by atoms with Gasteiger partial charge in [-0.1, -0.05) is 0 Å². The number of aliphatic hydroxyl groups is 1. The molecule has 0 aliphatic carbocycles.